The molecule has 0 bridgehead atoms. The highest BCUT2D eigenvalue weighted by Gasteiger charge is 2.24. The van der Waals surface area contributed by atoms with Gasteiger partial charge in [-0.15, -0.1) is 0 Å². The normalized spacial score (nSPS) is 14.5. The van der Waals surface area contributed by atoms with Gasteiger partial charge in [-0.3, -0.25) is 9.59 Å². The minimum atomic E-state index is -0.642. The van der Waals surface area contributed by atoms with Gasteiger partial charge in [0.1, 0.15) is 0 Å². The fourth-order valence-electron chi connectivity index (χ4n) is 2.48. The molecule has 0 saturated heterocycles. The number of hydrogen-bond acceptors (Lipinski definition) is 3. The maximum Gasteiger partial charge on any atom is 0.251 e. The van der Waals surface area contributed by atoms with Crippen molar-refractivity contribution in [2.24, 2.45) is 5.73 Å². The van der Waals surface area contributed by atoms with Crippen LogP contribution in [0, 0.1) is 0 Å². The van der Waals surface area contributed by atoms with Crippen LogP contribution in [0.3, 0.4) is 0 Å². The van der Waals surface area contributed by atoms with Crippen molar-refractivity contribution in [1.82, 2.24) is 10.6 Å². The fourth-order valence-corrected chi connectivity index (χ4v) is 2.48. The topological polar surface area (TPSA) is 84.2 Å². The standard InChI is InChI=1S/C15H21N3O2/c1-15(2,8-13(16)19)18-14(20)11-4-3-10-5-6-17-9-12(10)7-11/h3-4,7,17H,5-6,8-9H2,1-2H3,(H2,16,19)(H,18,20). The Morgan fingerprint density at radius 2 is 2.10 bits per heavy atom. The van der Waals surface area contributed by atoms with E-state index in [0.717, 1.165) is 25.1 Å². The highest BCUT2D eigenvalue weighted by atomic mass is 16.2. The largest absolute Gasteiger partial charge is 0.370 e. The van der Waals surface area contributed by atoms with Crippen LogP contribution < -0.4 is 16.4 Å². The summed E-state index contributed by atoms with van der Waals surface area (Å²) in [4.78, 5) is 23.2. The van der Waals surface area contributed by atoms with Crippen LogP contribution in [-0.2, 0) is 17.8 Å². The van der Waals surface area contributed by atoms with Gasteiger partial charge in [0.2, 0.25) is 5.91 Å². The molecule has 2 rings (SSSR count). The van der Waals surface area contributed by atoms with Crippen LogP contribution in [-0.4, -0.2) is 23.9 Å². The van der Waals surface area contributed by atoms with Crippen molar-refractivity contribution < 1.29 is 9.59 Å². The zero-order valence-corrected chi connectivity index (χ0v) is 12.0. The van der Waals surface area contributed by atoms with Crippen LogP contribution in [0.15, 0.2) is 18.2 Å². The third-order valence-electron chi connectivity index (χ3n) is 3.42. The number of nitrogens with two attached hydrogens (primary N) is 1. The van der Waals surface area contributed by atoms with Gasteiger partial charge in [0.25, 0.3) is 5.91 Å². The summed E-state index contributed by atoms with van der Waals surface area (Å²) in [5.41, 5.74) is 7.61. The number of carbonyl (C=O) groups excluding carboxylic acids is 2. The van der Waals surface area contributed by atoms with Gasteiger partial charge in [0.15, 0.2) is 0 Å². The van der Waals surface area contributed by atoms with Crippen molar-refractivity contribution >= 4 is 11.8 Å². The van der Waals surface area contributed by atoms with Crippen LogP contribution in [0.2, 0.25) is 0 Å². The first-order valence-corrected chi connectivity index (χ1v) is 6.81. The number of hydrogen-bond donors (Lipinski definition) is 3. The van der Waals surface area contributed by atoms with Crippen LogP contribution in [0.25, 0.3) is 0 Å². The van der Waals surface area contributed by atoms with E-state index in [1.54, 1.807) is 13.8 Å². The molecule has 5 heteroatoms. The number of rotatable bonds is 4. The monoisotopic (exact) mass is 275 g/mol. The fraction of sp³-hybridized carbons (Fsp3) is 0.467. The Morgan fingerprint density at radius 3 is 2.80 bits per heavy atom. The molecule has 0 saturated carbocycles. The van der Waals surface area contributed by atoms with E-state index in [4.69, 9.17) is 5.73 Å². The number of nitrogens with one attached hydrogen (secondary N) is 2. The Hall–Kier alpha value is -1.88. The minimum absolute atomic E-state index is 0.116. The molecule has 1 aliphatic rings. The van der Waals surface area contributed by atoms with Crippen LogP contribution in [0.5, 0.6) is 0 Å². The number of amides is 2. The Morgan fingerprint density at radius 1 is 1.35 bits per heavy atom. The molecular weight excluding hydrogens is 254 g/mol. The zero-order chi connectivity index (χ0) is 14.8. The predicted molar refractivity (Wildman–Crippen MR) is 77.2 cm³/mol. The first-order valence-electron chi connectivity index (χ1n) is 6.81. The van der Waals surface area contributed by atoms with Crippen LogP contribution >= 0.6 is 0 Å². The summed E-state index contributed by atoms with van der Waals surface area (Å²) in [7, 11) is 0. The molecule has 5 nitrogen and oxygen atoms in total. The molecular formula is C15H21N3O2. The summed E-state index contributed by atoms with van der Waals surface area (Å²) < 4.78 is 0. The van der Waals surface area contributed by atoms with Crippen molar-refractivity contribution in [3.8, 4) is 0 Å². The number of benzene rings is 1. The summed E-state index contributed by atoms with van der Waals surface area (Å²) in [6, 6.07) is 5.75. The van der Waals surface area contributed by atoms with Crippen molar-refractivity contribution in [3.05, 3.63) is 34.9 Å². The maximum atomic E-state index is 12.2. The number of carbonyl (C=O) groups is 2. The summed E-state index contributed by atoms with van der Waals surface area (Å²) in [6.45, 7) is 5.34. The molecule has 0 fully saturated rings. The van der Waals surface area contributed by atoms with E-state index >= 15 is 0 Å². The lowest BCUT2D eigenvalue weighted by Gasteiger charge is -2.25. The van der Waals surface area contributed by atoms with E-state index in [-0.39, 0.29) is 12.3 Å². The highest BCUT2D eigenvalue weighted by Crippen LogP contribution is 2.17. The Bertz CT molecular complexity index is 538. The average Bonchev–Trinajstić information content (AvgIpc) is 2.36. The first kappa shape index (κ1) is 14.5. The van der Waals surface area contributed by atoms with Gasteiger partial charge in [-0.05, 0) is 50.1 Å². The third kappa shape index (κ3) is 3.57. The summed E-state index contributed by atoms with van der Waals surface area (Å²) in [5.74, 6) is -0.602. The van der Waals surface area contributed by atoms with E-state index in [2.05, 4.69) is 10.6 Å². The van der Waals surface area contributed by atoms with Gasteiger partial charge >= 0.3 is 0 Å². The minimum Gasteiger partial charge on any atom is -0.370 e. The van der Waals surface area contributed by atoms with Crippen LogP contribution in [0.1, 0.15) is 41.8 Å². The third-order valence-corrected chi connectivity index (χ3v) is 3.42. The van der Waals surface area contributed by atoms with Crippen LogP contribution in [0.4, 0.5) is 0 Å². The molecule has 0 unspecified atom stereocenters. The quantitative estimate of drug-likeness (QED) is 0.757. The van der Waals surface area contributed by atoms with E-state index in [1.165, 1.54) is 5.56 Å². The SMILES string of the molecule is CC(C)(CC(N)=O)NC(=O)c1ccc2c(c1)CNCC2. The zero-order valence-electron chi connectivity index (χ0n) is 12.0. The lowest BCUT2D eigenvalue weighted by Crippen LogP contribution is -2.46. The molecule has 0 atom stereocenters. The molecule has 1 aliphatic heterocycles. The molecule has 1 aromatic carbocycles. The molecule has 2 amide bonds. The number of primary amides is 1. The van der Waals surface area contributed by atoms with E-state index in [1.807, 2.05) is 18.2 Å². The molecule has 20 heavy (non-hydrogen) atoms. The highest BCUT2D eigenvalue weighted by molar-refractivity contribution is 5.95. The second-order valence-electron chi connectivity index (χ2n) is 5.89. The predicted octanol–water partition coefficient (Wildman–Crippen LogP) is 0.716. The molecule has 0 aromatic heterocycles. The molecule has 108 valence electrons. The van der Waals surface area contributed by atoms with E-state index in [9.17, 15) is 9.59 Å². The van der Waals surface area contributed by atoms with Gasteiger partial charge in [-0.25, -0.2) is 0 Å². The smallest absolute Gasteiger partial charge is 0.251 e. The molecule has 0 aliphatic carbocycles. The van der Waals surface area contributed by atoms with Gasteiger partial charge in [-0.1, -0.05) is 6.07 Å². The van der Waals surface area contributed by atoms with E-state index < -0.39 is 11.4 Å². The molecule has 0 radical (unpaired) electrons. The Balaban J connectivity index is 2.11. The summed E-state index contributed by atoms with van der Waals surface area (Å²) >= 11 is 0. The maximum absolute atomic E-state index is 12.2. The van der Waals surface area contributed by atoms with Gasteiger partial charge < -0.3 is 16.4 Å². The average molecular weight is 275 g/mol. The summed E-state index contributed by atoms with van der Waals surface area (Å²) in [6.07, 6.45) is 1.11. The van der Waals surface area contributed by atoms with Crippen molar-refractivity contribution in [2.75, 3.05) is 6.54 Å². The Labute approximate surface area is 118 Å². The molecule has 1 heterocycles. The molecule has 4 N–H and O–H groups in total. The number of fused-ring (bicyclic) bond motifs is 1. The van der Waals surface area contributed by atoms with Gasteiger partial charge in [0.05, 0.1) is 0 Å². The Kier molecular flexibility index (Phi) is 4.09. The van der Waals surface area contributed by atoms with Crippen molar-refractivity contribution in [3.63, 3.8) is 0 Å². The second-order valence-corrected chi connectivity index (χ2v) is 5.89. The van der Waals surface area contributed by atoms with Crippen molar-refractivity contribution in [1.29, 1.82) is 0 Å². The second kappa shape index (κ2) is 5.63. The lowest BCUT2D eigenvalue weighted by molar-refractivity contribution is -0.119. The first-order chi connectivity index (χ1) is 9.37. The van der Waals surface area contributed by atoms with Gasteiger partial charge in [-0.2, -0.15) is 0 Å². The van der Waals surface area contributed by atoms with E-state index in [0.29, 0.717) is 5.56 Å². The molecule has 1 aromatic rings. The molecule has 0 spiro atoms. The summed E-state index contributed by atoms with van der Waals surface area (Å²) in [5, 5.41) is 6.14. The van der Waals surface area contributed by atoms with Gasteiger partial charge in [0, 0.05) is 24.1 Å². The van der Waals surface area contributed by atoms with Crippen molar-refractivity contribution in [2.45, 2.75) is 38.8 Å². The lowest BCUT2D eigenvalue weighted by atomic mass is 9.96.